The molecule has 138 valence electrons. The zero-order valence-electron chi connectivity index (χ0n) is 15.4. The van der Waals surface area contributed by atoms with Crippen molar-refractivity contribution in [1.82, 2.24) is 0 Å². The van der Waals surface area contributed by atoms with E-state index in [0.29, 0.717) is 25.0 Å². The van der Waals surface area contributed by atoms with E-state index in [1.54, 1.807) is 0 Å². The van der Waals surface area contributed by atoms with Gasteiger partial charge in [-0.05, 0) is 50.4 Å². The van der Waals surface area contributed by atoms with E-state index >= 15 is 0 Å². The van der Waals surface area contributed by atoms with E-state index in [9.17, 15) is 9.59 Å². The minimum absolute atomic E-state index is 0.0186. The minimum atomic E-state index is -0.0344. The molecule has 0 aromatic rings. The maximum Gasteiger partial charge on any atom is 0.309 e. The Bertz CT molecular complexity index is 368. The Morgan fingerprint density at radius 3 is 1.46 bits per heavy atom. The molecule has 0 aromatic carbocycles. The highest BCUT2D eigenvalue weighted by molar-refractivity contribution is 5.75. The lowest BCUT2D eigenvalue weighted by Gasteiger charge is -2.41. The number of carbonyl (C=O) groups excluding carboxylic acids is 2. The van der Waals surface area contributed by atoms with Crippen LogP contribution in [0.3, 0.4) is 0 Å². The molecule has 2 saturated carbocycles. The quantitative estimate of drug-likeness (QED) is 0.641. The average Bonchev–Trinajstić information content (AvgIpc) is 2.64. The molecule has 0 bridgehead atoms. The molecule has 4 heteroatoms. The van der Waals surface area contributed by atoms with Gasteiger partial charge in [0.15, 0.2) is 0 Å². The van der Waals surface area contributed by atoms with Crippen LogP contribution in [0, 0.1) is 23.7 Å². The van der Waals surface area contributed by atoms with E-state index in [-0.39, 0.29) is 23.8 Å². The molecule has 4 atom stereocenters. The Balaban J connectivity index is 2.07. The molecule has 0 spiro atoms. The first-order chi connectivity index (χ1) is 11.7. The highest BCUT2D eigenvalue weighted by atomic mass is 16.5. The van der Waals surface area contributed by atoms with Gasteiger partial charge in [-0.3, -0.25) is 9.59 Å². The summed E-state index contributed by atoms with van der Waals surface area (Å²) in [5.74, 6) is 0.482. The largest absolute Gasteiger partial charge is 0.465 e. The fraction of sp³-hybridized carbons (Fsp3) is 0.900. The molecule has 2 rings (SSSR count). The van der Waals surface area contributed by atoms with Crippen LogP contribution in [-0.4, -0.2) is 25.2 Å². The van der Waals surface area contributed by atoms with Gasteiger partial charge in [0.1, 0.15) is 0 Å². The maximum atomic E-state index is 12.5. The van der Waals surface area contributed by atoms with Gasteiger partial charge in [-0.1, -0.05) is 39.5 Å². The highest BCUT2D eigenvalue weighted by Crippen LogP contribution is 2.45. The molecule has 2 aliphatic rings. The van der Waals surface area contributed by atoms with Gasteiger partial charge in [0, 0.05) is 0 Å². The SMILES string of the molecule is CCCOC(=O)C1CCCCC1C1CCCCC1C(=O)OCCC. The summed E-state index contributed by atoms with van der Waals surface area (Å²) in [6.07, 6.45) is 10.2. The van der Waals surface area contributed by atoms with Crippen molar-refractivity contribution in [1.29, 1.82) is 0 Å². The van der Waals surface area contributed by atoms with Crippen LogP contribution in [0.1, 0.15) is 78.1 Å². The fourth-order valence-corrected chi connectivity index (χ4v) is 4.55. The summed E-state index contributed by atoms with van der Waals surface area (Å²) in [6, 6.07) is 0. The predicted octanol–water partition coefficient (Wildman–Crippen LogP) is 4.51. The predicted molar refractivity (Wildman–Crippen MR) is 93.4 cm³/mol. The number of rotatable bonds is 7. The molecule has 0 radical (unpaired) electrons. The van der Waals surface area contributed by atoms with E-state index in [0.717, 1.165) is 64.2 Å². The molecule has 0 saturated heterocycles. The zero-order chi connectivity index (χ0) is 17.4. The topological polar surface area (TPSA) is 52.6 Å². The average molecular weight is 338 g/mol. The van der Waals surface area contributed by atoms with Crippen molar-refractivity contribution in [2.75, 3.05) is 13.2 Å². The van der Waals surface area contributed by atoms with Gasteiger partial charge in [-0.2, -0.15) is 0 Å². The van der Waals surface area contributed by atoms with Gasteiger partial charge in [0.2, 0.25) is 0 Å². The van der Waals surface area contributed by atoms with Crippen LogP contribution in [0.15, 0.2) is 0 Å². The van der Waals surface area contributed by atoms with E-state index in [2.05, 4.69) is 0 Å². The summed E-state index contributed by atoms with van der Waals surface area (Å²) >= 11 is 0. The van der Waals surface area contributed by atoms with Gasteiger partial charge in [-0.15, -0.1) is 0 Å². The molecule has 0 aliphatic heterocycles. The second-order valence-corrected chi connectivity index (χ2v) is 7.44. The van der Waals surface area contributed by atoms with Crippen molar-refractivity contribution in [3.8, 4) is 0 Å². The van der Waals surface area contributed by atoms with Crippen molar-refractivity contribution < 1.29 is 19.1 Å². The van der Waals surface area contributed by atoms with Crippen molar-refractivity contribution >= 4 is 11.9 Å². The van der Waals surface area contributed by atoms with E-state index < -0.39 is 0 Å². The van der Waals surface area contributed by atoms with Crippen LogP contribution < -0.4 is 0 Å². The first kappa shape index (κ1) is 19.3. The number of hydrogen-bond acceptors (Lipinski definition) is 4. The van der Waals surface area contributed by atoms with Crippen LogP contribution in [0.25, 0.3) is 0 Å². The van der Waals surface area contributed by atoms with Gasteiger partial charge in [0.05, 0.1) is 25.0 Å². The molecule has 4 unspecified atom stereocenters. The molecule has 2 aliphatic carbocycles. The molecular formula is C20H34O4. The minimum Gasteiger partial charge on any atom is -0.465 e. The van der Waals surface area contributed by atoms with Crippen LogP contribution in [0.5, 0.6) is 0 Å². The third-order valence-corrected chi connectivity index (χ3v) is 5.69. The van der Waals surface area contributed by atoms with E-state index in [1.807, 2.05) is 13.8 Å². The Kier molecular flexibility index (Phi) is 8.07. The smallest absolute Gasteiger partial charge is 0.309 e. The number of esters is 2. The second kappa shape index (κ2) is 10.0. The van der Waals surface area contributed by atoms with Gasteiger partial charge in [-0.25, -0.2) is 0 Å². The van der Waals surface area contributed by atoms with Crippen LogP contribution in [0.4, 0.5) is 0 Å². The lowest BCUT2D eigenvalue weighted by molar-refractivity contribution is -0.159. The van der Waals surface area contributed by atoms with Crippen LogP contribution in [-0.2, 0) is 19.1 Å². The van der Waals surface area contributed by atoms with E-state index in [4.69, 9.17) is 9.47 Å². The summed E-state index contributed by atoms with van der Waals surface area (Å²) in [5, 5.41) is 0. The number of carbonyl (C=O) groups is 2. The van der Waals surface area contributed by atoms with Crippen LogP contribution in [0.2, 0.25) is 0 Å². The molecule has 0 N–H and O–H groups in total. The summed E-state index contributed by atoms with van der Waals surface area (Å²) in [7, 11) is 0. The molecule has 0 aromatic heterocycles. The van der Waals surface area contributed by atoms with Crippen molar-refractivity contribution in [3.05, 3.63) is 0 Å². The molecule has 0 amide bonds. The second-order valence-electron chi connectivity index (χ2n) is 7.44. The number of ether oxygens (including phenoxy) is 2. The first-order valence-electron chi connectivity index (χ1n) is 10.0. The van der Waals surface area contributed by atoms with Gasteiger partial charge >= 0.3 is 11.9 Å². The van der Waals surface area contributed by atoms with Crippen LogP contribution >= 0.6 is 0 Å². The van der Waals surface area contributed by atoms with Crippen molar-refractivity contribution in [3.63, 3.8) is 0 Å². The third-order valence-electron chi connectivity index (χ3n) is 5.69. The molecular weight excluding hydrogens is 304 g/mol. The molecule has 2 fully saturated rings. The van der Waals surface area contributed by atoms with Crippen molar-refractivity contribution in [2.24, 2.45) is 23.7 Å². The van der Waals surface area contributed by atoms with Gasteiger partial charge in [0.25, 0.3) is 0 Å². The molecule has 0 heterocycles. The Hall–Kier alpha value is -1.06. The summed E-state index contributed by atoms with van der Waals surface area (Å²) < 4.78 is 10.9. The monoisotopic (exact) mass is 338 g/mol. The third kappa shape index (κ3) is 4.97. The number of hydrogen-bond donors (Lipinski definition) is 0. The summed E-state index contributed by atoms with van der Waals surface area (Å²) in [4.78, 5) is 25.0. The highest BCUT2D eigenvalue weighted by Gasteiger charge is 2.43. The van der Waals surface area contributed by atoms with E-state index in [1.165, 1.54) is 0 Å². The lowest BCUT2D eigenvalue weighted by atomic mass is 9.64. The Labute approximate surface area is 146 Å². The zero-order valence-corrected chi connectivity index (χ0v) is 15.4. The summed E-state index contributed by atoms with van der Waals surface area (Å²) in [6.45, 7) is 5.06. The Morgan fingerprint density at radius 2 is 1.08 bits per heavy atom. The van der Waals surface area contributed by atoms with Crippen molar-refractivity contribution in [2.45, 2.75) is 78.1 Å². The molecule has 24 heavy (non-hydrogen) atoms. The molecule has 4 nitrogen and oxygen atoms in total. The summed E-state index contributed by atoms with van der Waals surface area (Å²) in [5.41, 5.74) is 0. The van der Waals surface area contributed by atoms with Gasteiger partial charge < -0.3 is 9.47 Å². The Morgan fingerprint density at radius 1 is 0.708 bits per heavy atom. The lowest BCUT2D eigenvalue weighted by Crippen LogP contribution is -2.40. The standard InChI is InChI=1S/C20H34O4/c1-3-13-23-19(21)17-11-7-5-9-15(17)16-10-6-8-12-18(16)20(22)24-14-4-2/h15-18H,3-14H2,1-2H3. The first-order valence-corrected chi connectivity index (χ1v) is 10.0. The fourth-order valence-electron chi connectivity index (χ4n) is 4.55. The maximum absolute atomic E-state index is 12.5. The normalized spacial score (nSPS) is 30.6.